The van der Waals surface area contributed by atoms with Gasteiger partial charge >= 0.3 is 6.09 Å². The Morgan fingerprint density at radius 3 is 2.08 bits per heavy atom. The van der Waals surface area contributed by atoms with Crippen LogP contribution >= 0.6 is 11.8 Å². The fourth-order valence-corrected chi connectivity index (χ4v) is 9.52. The second kappa shape index (κ2) is 13.9. The molecule has 4 aliphatic carbocycles. The van der Waals surface area contributed by atoms with E-state index in [1.54, 1.807) is 70.3 Å². The Balaban J connectivity index is 1.02. The minimum Gasteiger partial charge on any atom is -0.484 e. The van der Waals surface area contributed by atoms with Crippen molar-refractivity contribution >= 4 is 46.3 Å². The van der Waals surface area contributed by atoms with Crippen LogP contribution in [-0.2, 0) is 26.2 Å². The highest BCUT2D eigenvalue weighted by molar-refractivity contribution is 8.15. The summed E-state index contributed by atoms with van der Waals surface area (Å²) in [5.74, 6) is 3.58. The molecule has 5 fully saturated rings. The van der Waals surface area contributed by atoms with Gasteiger partial charge in [0.05, 0.1) is 16.6 Å². The molecule has 1 unspecified atom stereocenters. The van der Waals surface area contributed by atoms with Crippen LogP contribution < -0.4 is 25.0 Å². The molecule has 4 bridgehead atoms. The van der Waals surface area contributed by atoms with E-state index in [1.807, 2.05) is 12.1 Å². The van der Waals surface area contributed by atoms with Crippen molar-refractivity contribution in [1.29, 1.82) is 0 Å². The van der Waals surface area contributed by atoms with Gasteiger partial charge in [0.25, 0.3) is 11.1 Å². The minimum atomic E-state index is -0.718. The van der Waals surface area contributed by atoms with Gasteiger partial charge in [0.15, 0.2) is 6.61 Å². The summed E-state index contributed by atoms with van der Waals surface area (Å²) in [6.07, 6.45) is 7.96. The van der Waals surface area contributed by atoms with E-state index in [-0.39, 0.29) is 17.8 Å². The summed E-state index contributed by atoms with van der Waals surface area (Å²) in [5.41, 5.74) is 2.66. The van der Waals surface area contributed by atoms with Crippen LogP contribution in [0.4, 0.5) is 21.0 Å². The number of thioether (sulfide) groups is 1. The van der Waals surface area contributed by atoms with Crippen molar-refractivity contribution in [2.75, 3.05) is 23.9 Å². The van der Waals surface area contributed by atoms with Crippen molar-refractivity contribution in [2.24, 2.45) is 17.8 Å². The van der Waals surface area contributed by atoms with Crippen LogP contribution in [0.15, 0.2) is 66.7 Å². The van der Waals surface area contributed by atoms with Crippen molar-refractivity contribution < 1.29 is 33.4 Å². The Kier molecular flexibility index (Phi) is 9.52. The van der Waals surface area contributed by atoms with Crippen LogP contribution in [0.25, 0.3) is 0 Å². The molecule has 0 radical (unpaired) electrons. The average Bonchev–Trinajstić information content (AvgIpc) is 3.39. The molecule has 0 aromatic heterocycles. The van der Waals surface area contributed by atoms with E-state index in [1.165, 1.54) is 49.0 Å². The zero-order valence-electron chi connectivity index (χ0n) is 29.5. The SMILES string of the molecule is CN(C(=O)OC(C)(C)C)c1cc(Oc2ccc(C34CC5CC(CC(C5)C3)C4)cc2)ccc1NC(=O)COc1ccc(CC2SC(=O)NC2=O)cc1. The standard InChI is InChI=1S/C40H45N3O7S/c1-39(2,3)50-38(47)43(4)33-19-31(49-30-11-7-28(8-12-30)40-20-25-15-26(21-40)17-27(16-25)22-40)13-14-32(33)41-35(44)23-48-29-9-5-24(6-10-29)18-34-36(45)42-37(46)51-34/h5-14,19,25-27,34H,15-18,20-23H2,1-4H3,(H,41,44)(H,42,45,46). The molecule has 268 valence electrons. The topological polar surface area (TPSA) is 123 Å². The molecule has 11 heteroatoms. The smallest absolute Gasteiger partial charge is 0.414 e. The van der Waals surface area contributed by atoms with Crippen LogP contribution in [0.1, 0.15) is 70.4 Å². The molecule has 2 N–H and O–H groups in total. The molecule has 1 atom stereocenters. The lowest BCUT2D eigenvalue weighted by Gasteiger charge is -2.57. The first-order valence-electron chi connectivity index (χ1n) is 17.7. The molecule has 1 saturated heterocycles. The van der Waals surface area contributed by atoms with E-state index in [2.05, 4.69) is 22.8 Å². The number of hydrogen-bond acceptors (Lipinski definition) is 8. The molecule has 1 aliphatic heterocycles. The number of carbonyl (C=O) groups is 4. The first-order valence-corrected chi connectivity index (χ1v) is 18.6. The number of rotatable bonds is 10. The van der Waals surface area contributed by atoms with Gasteiger partial charge in [-0.15, -0.1) is 0 Å². The van der Waals surface area contributed by atoms with Gasteiger partial charge in [0, 0.05) is 13.1 Å². The molecule has 8 rings (SSSR count). The number of nitrogens with one attached hydrogen (secondary N) is 2. The Labute approximate surface area is 303 Å². The molecule has 0 spiro atoms. The average molecular weight is 712 g/mol. The summed E-state index contributed by atoms with van der Waals surface area (Å²) < 4.78 is 17.6. The van der Waals surface area contributed by atoms with Gasteiger partial charge in [-0.2, -0.15) is 0 Å². The monoisotopic (exact) mass is 711 g/mol. The van der Waals surface area contributed by atoms with Crippen LogP contribution in [0, 0.1) is 17.8 Å². The number of ether oxygens (including phenoxy) is 3. The van der Waals surface area contributed by atoms with Crippen molar-refractivity contribution in [3.63, 3.8) is 0 Å². The molecule has 3 aromatic carbocycles. The van der Waals surface area contributed by atoms with Crippen molar-refractivity contribution in [2.45, 2.75) is 82.0 Å². The van der Waals surface area contributed by atoms with Gasteiger partial charge in [-0.3, -0.25) is 24.6 Å². The van der Waals surface area contributed by atoms with Crippen LogP contribution in [-0.4, -0.2) is 47.7 Å². The Morgan fingerprint density at radius 1 is 0.882 bits per heavy atom. The number of amides is 4. The molecular formula is C40H45N3O7S. The molecule has 5 aliphatic rings. The largest absolute Gasteiger partial charge is 0.484 e. The zero-order chi connectivity index (χ0) is 35.9. The Morgan fingerprint density at radius 2 is 1.49 bits per heavy atom. The summed E-state index contributed by atoms with van der Waals surface area (Å²) in [6.45, 7) is 5.11. The second-order valence-corrected chi connectivity index (χ2v) is 16.8. The van der Waals surface area contributed by atoms with Gasteiger partial charge in [-0.05, 0) is 136 Å². The second-order valence-electron chi connectivity index (χ2n) is 15.6. The van der Waals surface area contributed by atoms with Gasteiger partial charge in [-0.25, -0.2) is 4.79 Å². The lowest BCUT2D eigenvalue weighted by atomic mass is 9.48. The molecule has 4 saturated carbocycles. The first-order chi connectivity index (χ1) is 24.3. The maximum atomic E-state index is 13.1. The highest BCUT2D eigenvalue weighted by Gasteiger charge is 2.51. The van der Waals surface area contributed by atoms with Gasteiger partial charge < -0.3 is 19.5 Å². The van der Waals surface area contributed by atoms with E-state index >= 15 is 0 Å². The highest BCUT2D eigenvalue weighted by Crippen LogP contribution is 2.60. The van der Waals surface area contributed by atoms with E-state index < -0.39 is 22.9 Å². The molecule has 4 amide bonds. The number of imide groups is 1. The van der Waals surface area contributed by atoms with Crippen molar-refractivity contribution in [1.82, 2.24) is 5.32 Å². The normalized spacial score (nSPS) is 24.9. The van der Waals surface area contributed by atoms with Gasteiger partial charge in [0.2, 0.25) is 5.91 Å². The Hall–Kier alpha value is -4.51. The van der Waals surface area contributed by atoms with Crippen LogP contribution in [0.5, 0.6) is 17.2 Å². The minimum absolute atomic E-state index is 0.279. The highest BCUT2D eigenvalue weighted by atomic mass is 32.2. The van der Waals surface area contributed by atoms with Crippen LogP contribution in [0.3, 0.4) is 0 Å². The summed E-state index contributed by atoms with van der Waals surface area (Å²) in [4.78, 5) is 50.9. The maximum absolute atomic E-state index is 13.1. The third-order valence-electron chi connectivity index (χ3n) is 10.5. The number of carbonyl (C=O) groups excluding carboxylic acids is 4. The summed E-state index contributed by atoms with van der Waals surface area (Å²) in [7, 11) is 1.59. The maximum Gasteiger partial charge on any atom is 0.414 e. The van der Waals surface area contributed by atoms with Gasteiger partial charge in [-0.1, -0.05) is 36.0 Å². The third-order valence-corrected chi connectivity index (χ3v) is 11.5. The van der Waals surface area contributed by atoms with E-state index in [0.717, 1.165) is 35.1 Å². The quantitative estimate of drug-likeness (QED) is 0.216. The zero-order valence-corrected chi connectivity index (χ0v) is 30.3. The lowest BCUT2D eigenvalue weighted by molar-refractivity contribution is -0.119. The first kappa shape index (κ1) is 34.9. The number of anilines is 2. The molecule has 3 aromatic rings. The summed E-state index contributed by atoms with van der Waals surface area (Å²) in [6, 6.07) is 20.7. The van der Waals surface area contributed by atoms with E-state index in [0.29, 0.717) is 40.5 Å². The number of benzene rings is 3. The predicted molar refractivity (Wildman–Crippen MR) is 197 cm³/mol. The van der Waals surface area contributed by atoms with Crippen LogP contribution in [0.2, 0.25) is 0 Å². The van der Waals surface area contributed by atoms with E-state index in [9.17, 15) is 19.2 Å². The number of nitrogens with zero attached hydrogens (tertiary/aromatic N) is 1. The summed E-state index contributed by atoms with van der Waals surface area (Å²) in [5, 5.41) is 4.35. The van der Waals surface area contributed by atoms with E-state index in [4.69, 9.17) is 14.2 Å². The Bertz CT molecular complexity index is 1780. The fourth-order valence-electron chi connectivity index (χ4n) is 8.66. The lowest BCUT2D eigenvalue weighted by Crippen LogP contribution is -2.48. The number of hydrogen-bond donors (Lipinski definition) is 2. The van der Waals surface area contributed by atoms with Gasteiger partial charge in [0.1, 0.15) is 22.8 Å². The molecule has 1 heterocycles. The van der Waals surface area contributed by atoms with Crippen molar-refractivity contribution in [3.8, 4) is 17.2 Å². The molecular weight excluding hydrogens is 667 g/mol. The molecule has 10 nitrogen and oxygen atoms in total. The predicted octanol–water partition coefficient (Wildman–Crippen LogP) is 8.23. The van der Waals surface area contributed by atoms with Crippen molar-refractivity contribution in [3.05, 3.63) is 77.9 Å². The fraction of sp³-hybridized carbons (Fsp3) is 0.450. The third kappa shape index (κ3) is 8.03. The molecule has 51 heavy (non-hydrogen) atoms. The summed E-state index contributed by atoms with van der Waals surface area (Å²) >= 11 is 0.981.